The number of nitrogens with zero attached hydrogens (tertiary/aromatic N) is 1. The second-order valence-corrected chi connectivity index (χ2v) is 8.16. The molecule has 0 fully saturated rings. The van der Waals surface area contributed by atoms with Crippen LogP contribution in [0.1, 0.15) is 36.6 Å². The van der Waals surface area contributed by atoms with Crippen LogP contribution in [0.4, 0.5) is 4.39 Å². The third-order valence-corrected chi connectivity index (χ3v) is 5.94. The van der Waals surface area contributed by atoms with Crippen molar-refractivity contribution in [1.82, 2.24) is 9.88 Å². The predicted molar refractivity (Wildman–Crippen MR) is 119 cm³/mol. The van der Waals surface area contributed by atoms with E-state index in [9.17, 15) is 19.1 Å². The summed E-state index contributed by atoms with van der Waals surface area (Å²) in [6.07, 6.45) is 2.88. The maximum Gasteiger partial charge on any atom is 0.325 e. The summed E-state index contributed by atoms with van der Waals surface area (Å²) in [5.74, 6) is -0.512. The Morgan fingerprint density at radius 2 is 2.09 bits per heavy atom. The normalized spacial score (nSPS) is 15.4. The van der Waals surface area contributed by atoms with Gasteiger partial charge in [0.1, 0.15) is 18.1 Å². The number of phenols is 1. The van der Waals surface area contributed by atoms with Crippen molar-refractivity contribution in [2.24, 2.45) is 0 Å². The van der Waals surface area contributed by atoms with E-state index in [2.05, 4.69) is 5.32 Å². The van der Waals surface area contributed by atoms with E-state index in [1.54, 1.807) is 31.2 Å². The number of fused-ring (bicyclic) bond motifs is 3. The first-order valence-corrected chi connectivity index (χ1v) is 11.0. The molecule has 1 aliphatic rings. The lowest BCUT2D eigenvalue weighted by molar-refractivity contribution is -0.143. The number of esters is 1. The Balaban J connectivity index is 1.49. The quantitative estimate of drug-likeness (QED) is 0.552. The number of aromatic hydroxyl groups is 1. The van der Waals surface area contributed by atoms with Gasteiger partial charge in [-0.15, -0.1) is 0 Å². The minimum Gasteiger partial charge on any atom is -0.508 e. The molecule has 6 nitrogen and oxygen atoms in total. The Kier molecular flexibility index (Phi) is 6.44. The van der Waals surface area contributed by atoms with Gasteiger partial charge in [0, 0.05) is 29.1 Å². The first-order valence-electron chi connectivity index (χ1n) is 11.0. The van der Waals surface area contributed by atoms with Gasteiger partial charge in [0.2, 0.25) is 5.91 Å². The summed E-state index contributed by atoms with van der Waals surface area (Å²) in [6, 6.07) is 11.5. The van der Waals surface area contributed by atoms with Crippen molar-refractivity contribution in [3.8, 4) is 5.75 Å². The highest BCUT2D eigenvalue weighted by atomic mass is 19.1. The van der Waals surface area contributed by atoms with Gasteiger partial charge >= 0.3 is 5.97 Å². The van der Waals surface area contributed by atoms with Gasteiger partial charge in [-0.3, -0.25) is 9.59 Å². The summed E-state index contributed by atoms with van der Waals surface area (Å²) in [4.78, 5) is 24.7. The van der Waals surface area contributed by atoms with Crippen LogP contribution in [0.5, 0.6) is 5.75 Å². The number of hydrogen-bond donors (Lipinski definition) is 2. The number of hydrogen-bond acceptors (Lipinski definition) is 4. The van der Waals surface area contributed by atoms with Crippen molar-refractivity contribution in [2.45, 2.75) is 51.6 Å². The van der Waals surface area contributed by atoms with Crippen molar-refractivity contribution in [3.63, 3.8) is 0 Å². The number of aryl methyl sites for hydroxylation is 1. The fraction of sp³-hybridized carbons (Fsp3) is 0.360. The lowest BCUT2D eigenvalue weighted by Crippen LogP contribution is -2.39. The maximum absolute atomic E-state index is 14.0. The number of aromatic nitrogens is 1. The minimum absolute atomic E-state index is 0.0518. The van der Waals surface area contributed by atoms with Crippen molar-refractivity contribution < 1.29 is 23.8 Å². The number of ether oxygens (including phenoxy) is 1. The zero-order valence-corrected chi connectivity index (χ0v) is 18.1. The molecule has 0 spiro atoms. The van der Waals surface area contributed by atoms with Crippen molar-refractivity contribution >= 4 is 22.8 Å². The van der Waals surface area contributed by atoms with Gasteiger partial charge in [-0.05, 0) is 74.1 Å². The highest BCUT2D eigenvalue weighted by molar-refractivity contribution is 5.87. The zero-order chi connectivity index (χ0) is 22.7. The molecule has 168 valence electrons. The molecule has 1 atom stereocenters. The van der Waals surface area contributed by atoms with Crippen molar-refractivity contribution in [3.05, 3.63) is 65.1 Å². The van der Waals surface area contributed by atoms with Crippen LogP contribution >= 0.6 is 0 Å². The van der Waals surface area contributed by atoms with Gasteiger partial charge in [-0.25, -0.2) is 4.39 Å². The third-order valence-electron chi connectivity index (χ3n) is 5.94. The largest absolute Gasteiger partial charge is 0.508 e. The van der Waals surface area contributed by atoms with E-state index in [1.165, 1.54) is 12.1 Å². The molecule has 0 unspecified atom stereocenters. The third kappa shape index (κ3) is 4.77. The van der Waals surface area contributed by atoms with E-state index >= 15 is 0 Å². The smallest absolute Gasteiger partial charge is 0.325 e. The van der Waals surface area contributed by atoms with Crippen molar-refractivity contribution in [1.29, 1.82) is 0 Å². The molecule has 1 amide bonds. The fourth-order valence-corrected chi connectivity index (χ4v) is 4.53. The summed E-state index contributed by atoms with van der Waals surface area (Å²) in [6.45, 7) is 2.17. The van der Waals surface area contributed by atoms with Crippen LogP contribution in [-0.2, 0) is 40.1 Å². The second-order valence-electron chi connectivity index (χ2n) is 8.16. The second kappa shape index (κ2) is 9.42. The number of phenolic OH excluding ortho intramolecular Hbond substituents is 1. The molecule has 0 aliphatic heterocycles. The summed E-state index contributed by atoms with van der Waals surface area (Å²) in [5.41, 5.74) is 3.70. The molecule has 2 N–H and O–H groups in total. The first-order chi connectivity index (χ1) is 15.4. The molecule has 7 heteroatoms. The summed E-state index contributed by atoms with van der Waals surface area (Å²) in [7, 11) is 0. The molecule has 0 radical (unpaired) electrons. The molecule has 0 saturated carbocycles. The van der Waals surface area contributed by atoms with Crippen LogP contribution in [0.15, 0.2) is 42.5 Å². The predicted octanol–water partition coefficient (Wildman–Crippen LogP) is 3.66. The van der Waals surface area contributed by atoms with Gasteiger partial charge in [0.25, 0.3) is 0 Å². The van der Waals surface area contributed by atoms with Crippen LogP contribution in [0, 0.1) is 5.82 Å². The Morgan fingerprint density at radius 1 is 1.25 bits per heavy atom. The molecule has 1 aromatic heterocycles. The lowest BCUT2D eigenvalue weighted by Gasteiger charge is -2.25. The number of rotatable bonds is 7. The maximum atomic E-state index is 14.0. The van der Waals surface area contributed by atoms with Gasteiger partial charge in [0.15, 0.2) is 0 Å². The summed E-state index contributed by atoms with van der Waals surface area (Å²) in [5, 5.41) is 13.4. The molecule has 1 heterocycles. The Morgan fingerprint density at radius 3 is 2.88 bits per heavy atom. The van der Waals surface area contributed by atoms with Crippen LogP contribution in [0.3, 0.4) is 0 Å². The highest BCUT2D eigenvalue weighted by Crippen LogP contribution is 2.33. The molecular weight excluding hydrogens is 411 g/mol. The molecule has 2 aromatic carbocycles. The SMILES string of the molecule is CCOC(=O)Cn1c2c(c3cc(F)ccc31)C[C@@H](NC(=O)CCc1cccc(O)c1)CC2. The number of carbonyl (C=O) groups excluding carboxylic acids is 2. The summed E-state index contributed by atoms with van der Waals surface area (Å²) >= 11 is 0. The molecule has 4 rings (SSSR count). The standard InChI is InChI=1S/C25H27FN2O4/c1-2-32-25(31)15-28-22-9-7-17(26)13-20(22)21-14-18(8-10-23(21)28)27-24(30)11-6-16-4-3-5-19(29)12-16/h3-5,7,9,12-13,18,29H,2,6,8,10-11,14-15H2,1H3,(H,27,30)/t18-/m0/s1. The van der Waals surface area contributed by atoms with Gasteiger partial charge < -0.3 is 19.7 Å². The van der Waals surface area contributed by atoms with Crippen LogP contribution in [0.2, 0.25) is 0 Å². The lowest BCUT2D eigenvalue weighted by atomic mass is 9.91. The average Bonchev–Trinajstić information content (AvgIpc) is 3.05. The molecule has 0 saturated heterocycles. The Labute approximate surface area is 186 Å². The molecule has 0 bridgehead atoms. The van der Waals surface area contributed by atoms with Crippen LogP contribution < -0.4 is 5.32 Å². The number of nitrogens with one attached hydrogen (secondary N) is 1. The van der Waals surface area contributed by atoms with E-state index in [1.807, 2.05) is 10.6 Å². The monoisotopic (exact) mass is 438 g/mol. The molecule has 32 heavy (non-hydrogen) atoms. The topological polar surface area (TPSA) is 80.6 Å². The number of benzene rings is 2. The van der Waals surface area contributed by atoms with Crippen molar-refractivity contribution in [2.75, 3.05) is 6.61 Å². The average molecular weight is 438 g/mol. The molecule has 1 aliphatic carbocycles. The number of amides is 1. The van der Waals surface area contributed by atoms with E-state index in [4.69, 9.17) is 4.74 Å². The first kappa shape index (κ1) is 21.9. The Bertz CT molecular complexity index is 1150. The molecular formula is C25H27FN2O4. The van der Waals surface area contributed by atoms with E-state index in [0.717, 1.165) is 34.1 Å². The number of carbonyl (C=O) groups is 2. The van der Waals surface area contributed by atoms with E-state index in [0.29, 0.717) is 32.3 Å². The number of halogens is 1. The van der Waals surface area contributed by atoms with Gasteiger partial charge in [-0.1, -0.05) is 12.1 Å². The summed E-state index contributed by atoms with van der Waals surface area (Å²) < 4.78 is 21.0. The zero-order valence-electron chi connectivity index (χ0n) is 18.1. The molecule has 3 aromatic rings. The van der Waals surface area contributed by atoms with Gasteiger partial charge in [0.05, 0.1) is 6.61 Å². The van der Waals surface area contributed by atoms with E-state index in [-0.39, 0.29) is 36.0 Å². The van der Waals surface area contributed by atoms with Crippen LogP contribution in [-0.4, -0.2) is 34.2 Å². The van der Waals surface area contributed by atoms with Gasteiger partial charge in [-0.2, -0.15) is 0 Å². The van der Waals surface area contributed by atoms with Crippen LogP contribution in [0.25, 0.3) is 10.9 Å². The Hall–Kier alpha value is -3.35. The highest BCUT2D eigenvalue weighted by Gasteiger charge is 2.27. The minimum atomic E-state index is -0.328. The fourth-order valence-electron chi connectivity index (χ4n) is 4.53. The van der Waals surface area contributed by atoms with E-state index < -0.39 is 0 Å².